The Bertz CT molecular complexity index is 870. The summed E-state index contributed by atoms with van der Waals surface area (Å²) in [5.74, 6) is 0.160. The van der Waals surface area contributed by atoms with Crippen molar-refractivity contribution in [2.45, 2.75) is 38.4 Å². The summed E-state index contributed by atoms with van der Waals surface area (Å²) in [5.41, 5.74) is -0.130. The molecule has 0 radical (unpaired) electrons. The summed E-state index contributed by atoms with van der Waals surface area (Å²) in [6.45, 7) is 1.60. The van der Waals surface area contributed by atoms with Crippen LogP contribution in [-0.4, -0.2) is 15.9 Å². The van der Waals surface area contributed by atoms with E-state index < -0.39 is 23.2 Å². The summed E-state index contributed by atoms with van der Waals surface area (Å²) < 4.78 is 38.0. The molecule has 0 atom stereocenters. The highest BCUT2D eigenvalue weighted by atomic mass is 19.4. The van der Waals surface area contributed by atoms with Crippen molar-refractivity contribution in [2.75, 3.05) is 0 Å². The molecule has 1 amide bonds. The molecular weight excluding hydrogens is 335 g/mol. The number of hydrogen-bond donors (Lipinski definition) is 2. The highest BCUT2D eigenvalue weighted by Crippen LogP contribution is 2.37. The molecule has 1 aromatic carbocycles. The molecule has 5 nitrogen and oxygen atoms in total. The Labute approximate surface area is 141 Å². The van der Waals surface area contributed by atoms with Crippen molar-refractivity contribution >= 4 is 5.91 Å². The molecule has 1 saturated carbocycles. The first-order valence-electron chi connectivity index (χ1n) is 7.80. The summed E-state index contributed by atoms with van der Waals surface area (Å²) in [6, 6.07) is 4.46. The minimum atomic E-state index is -4.40. The van der Waals surface area contributed by atoms with Crippen LogP contribution in [0.2, 0.25) is 0 Å². The molecule has 2 N–H and O–H groups in total. The third-order valence-electron chi connectivity index (χ3n) is 4.07. The maximum atomic E-state index is 12.7. The first kappa shape index (κ1) is 17.2. The molecule has 1 aliphatic carbocycles. The average Bonchev–Trinajstić information content (AvgIpc) is 3.36. The predicted octanol–water partition coefficient (Wildman–Crippen LogP) is 2.90. The highest BCUT2D eigenvalue weighted by Gasteiger charge is 2.30. The van der Waals surface area contributed by atoms with Crippen LogP contribution in [0, 0.1) is 6.92 Å². The topological polar surface area (TPSA) is 74.8 Å². The molecule has 0 saturated heterocycles. The molecule has 0 aliphatic heterocycles. The fourth-order valence-electron chi connectivity index (χ4n) is 2.48. The monoisotopic (exact) mass is 351 g/mol. The Morgan fingerprint density at radius 1 is 1.32 bits per heavy atom. The summed E-state index contributed by atoms with van der Waals surface area (Å²) in [4.78, 5) is 30.6. The quantitative estimate of drug-likeness (QED) is 0.889. The van der Waals surface area contributed by atoms with Gasteiger partial charge in [-0.15, -0.1) is 0 Å². The number of carbonyl (C=O) groups is 1. The van der Waals surface area contributed by atoms with E-state index in [4.69, 9.17) is 0 Å². The molecule has 0 spiro atoms. The number of carbonyl (C=O) groups excluding carboxylic acids is 1. The van der Waals surface area contributed by atoms with Crippen molar-refractivity contribution in [2.24, 2.45) is 0 Å². The number of nitrogens with one attached hydrogen (secondary N) is 2. The standard InChI is InChI=1S/C17H16F3N3O2/c1-9-6-12(17(18,19)20)5-4-11(9)8-21-16(25)13-7-14(24)23-15(22-13)10-2-3-10/h4-7,10H,2-3,8H2,1H3,(H,21,25)(H,22,23,24). The number of benzene rings is 1. The molecule has 1 aromatic heterocycles. The van der Waals surface area contributed by atoms with Crippen molar-refractivity contribution in [1.29, 1.82) is 0 Å². The van der Waals surface area contributed by atoms with E-state index in [1.165, 1.54) is 6.07 Å². The minimum absolute atomic E-state index is 0.00946. The van der Waals surface area contributed by atoms with Gasteiger partial charge < -0.3 is 10.3 Å². The fraction of sp³-hybridized carbons (Fsp3) is 0.353. The van der Waals surface area contributed by atoms with Crippen molar-refractivity contribution in [3.63, 3.8) is 0 Å². The van der Waals surface area contributed by atoms with Gasteiger partial charge >= 0.3 is 6.18 Å². The second-order valence-electron chi connectivity index (χ2n) is 6.11. The van der Waals surface area contributed by atoms with Gasteiger partial charge in [0.2, 0.25) is 0 Å². The van der Waals surface area contributed by atoms with Gasteiger partial charge in [-0.1, -0.05) is 6.07 Å². The number of halogens is 3. The number of amides is 1. The number of hydrogen-bond acceptors (Lipinski definition) is 3. The molecule has 1 heterocycles. The second kappa shape index (κ2) is 6.34. The SMILES string of the molecule is Cc1cc(C(F)(F)F)ccc1CNC(=O)c1cc(=O)[nH]c(C2CC2)n1. The van der Waals surface area contributed by atoms with Crippen LogP contribution < -0.4 is 10.9 Å². The van der Waals surface area contributed by atoms with E-state index in [1.807, 2.05) is 0 Å². The van der Waals surface area contributed by atoms with Gasteiger partial charge in [-0.3, -0.25) is 9.59 Å². The lowest BCUT2D eigenvalue weighted by molar-refractivity contribution is -0.137. The van der Waals surface area contributed by atoms with E-state index >= 15 is 0 Å². The van der Waals surface area contributed by atoms with Crippen LogP contribution in [0.25, 0.3) is 0 Å². The molecule has 0 unspecified atom stereocenters. The smallest absolute Gasteiger partial charge is 0.347 e. The molecule has 3 rings (SSSR count). The summed E-state index contributed by atoms with van der Waals surface area (Å²) >= 11 is 0. The van der Waals surface area contributed by atoms with E-state index in [2.05, 4.69) is 15.3 Å². The minimum Gasteiger partial charge on any atom is -0.347 e. The molecule has 1 aliphatic rings. The number of aromatic nitrogens is 2. The number of aromatic amines is 1. The predicted molar refractivity (Wildman–Crippen MR) is 84.2 cm³/mol. The van der Waals surface area contributed by atoms with Gasteiger partial charge in [0, 0.05) is 18.5 Å². The van der Waals surface area contributed by atoms with E-state index in [1.54, 1.807) is 6.92 Å². The van der Waals surface area contributed by atoms with Crippen molar-refractivity contribution in [3.8, 4) is 0 Å². The van der Waals surface area contributed by atoms with Crippen molar-refractivity contribution in [3.05, 3.63) is 62.8 Å². The van der Waals surface area contributed by atoms with Crippen molar-refractivity contribution < 1.29 is 18.0 Å². The largest absolute Gasteiger partial charge is 0.416 e. The zero-order valence-electron chi connectivity index (χ0n) is 13.4. The van der Waals surface area contributed by atoms with Gasteiger partial charge in [-0.2, -0.15) is 13.2 Å². The number of alkyl halides is 3. The third kappa shape index (κ3) is 4.07. The summed E-state index contributed by atoms with van der Waals surface area (Å²) in [7, 11) is 0. The lowest BCUT2D eigenvalue weighted by atomic mass is 10.0. The Morgan fingerprint density at radius 3 is 2.64 bits per heavy atom. The average molecular weight is 351 g/mol. The first-order valence-corrected chi connectivity index (χ1v) is 7.80. The number of rotatable bonds is 4. The van der Waals surface area contributed by atoms with Gasteiger partial charge in [-0.25, -0.2) is 4.98 Å². The van der Waals surface area contributed by atoms with Crippen LogP contribution in [0.5, 0.6) is 0 Å². The lowest BCUT2D eigenvalue weighted by Gasteiger charge is -2.12. The fourth-order valence-corrected chi connectivity index (χ4v) is 2.48. The Kier molecular flexibility index (Phi) is 4.36. The molecule has 0 bridgehead atoms. The van der Waals surface area contributed by atoms with Crippen LogP contribution in [0.15, 0.2) is 29.1 Å². The number of aryl methyl sites for hydroxylation is 1. The maximum absolute atomic E-state index is 12.7. The normalized spacial score (nSPS) is 14.4. The molecule has 2 aromatic rings. The number of nitrogens with zero attached hydrogens (tertiary/aromatic N) is 1. The van der Waals surface area contributed by atoms with E-state index in [9.17, 15) is 22.8 Å². The van der Waals surface area contributed by atoms with Crippen LogP contribution in [0.4, 0.5) is 13.2 Å². The molecular formula is C17H16F3N3O2. The first-order chi connectivity index (χ1) is 11.7. The van der Waals surface area contributed by atoms with Crippen LogP contribution in [-0.2, 0) is 12.7 Å². The Hall–Kier alpha value is -2.64. The van der Waals surface area contributed by atoms with Gasteiger partial charge in [0.15, 0.2) is 0 Å². The zero-order chi connectivity index (χ0) is 18.2. The Balaban J connectivity index is 1.71. The van der Waals surface area contributed by atoms with E-state index in [-0.39, 0.29) is 18.2 Å². The van der Waals surface area contributed by atoms with Crippen LogP contribution in [0.3, 0.4) is 0 Å². The summed E-state index contributed by atoms with van der Waals surface area (Å²) in [6.07, 6.45) is -2.54. The maximum Gasteiger partial charge on any atom is 0.416 e. The second-order valence-corrected chi connectivity index (χ2v) is 6.11. The summed E-state index contributed by atoms with van der Waals surface area (Å²) in [5, 5.41) is 2.59. The van der Waals surface area contributed by atoms with Gasteiger partial charge in [-0.05, 0) is 43.0 Å². The van der Waals surface area contributed by atoms with E-state index in [0.717, 1.165) is 31.0 Å². The third-order valence-corrected chi connectivity index (χ3v) is 4.07. The van der Waals surface area contributed by atoms with Gasteiger partial charge in [0.1, 0.15) is 11.5 Å². The van der Waals surface area contributed by atoms with Gasteiger partial charge in [0.25, 0.3) is 11.5 Å². The number of H-pyrrole nitrogens is 1. The lowest BCUT2D eigenvalue weighted by Crippen LogP contribution is -2.27. The Morgan fingerprint density at radius 2 is 2.04 bits per heavy atom. The highest BCUT2D eigenvalue weighted by molar-refractivity contribution is 5.92. The van der Waals surface area contributed by atoms with E-state index in [0.29, 0.717) is 17.0 Å². The molecule has 25 heavy (non-hydrogen) atoms. The molecule has 132 valence electrons. The molecule has 1 fully saturated rings. The molecule has 8 heteroatoms. The van der Waals surface area contributed by atoms with Crippen LogP contribution in [0.1, 0.15) is 51.8 Å². The van der Waals surface area contributed by atoms with Crippen LogP contribution >= 0.6 is 0 Å². The zero-order valence-corrected chi connectivity index (χ0v) is 13.4. The van der Waals surface area contributed by atoms with Crippen molar-refractivity contribution in [1.82, 2.24) is 15.3 Å². The van der Waals surface area contributed by atoms with Gasteiger partial charge in [0.05, 0.1) is 5.56 Å².